The van der Waals surface area contributed by atoms with Crippen LogP contribution in [0.15, 0.2) is 85.1 Å². The van der Waals surface area contributed by atoms with E-state index in [1.807, 2.05) is 27.2 Å². The third-order valence-corrected chi connectivity index (χ3v) is 17.6. The number of allylic oxidation sites excluding steroid dienone is 13. The molecule has 502 valence electrons. The summed E-state index contributed by atoms with van der Waals surface area (Å²) in [7, 11) is 1.56. The Morgan fingerprint density at radius 3 is 1.07 bits per heavy atom. The summed E-state index contributed by atoms with van der Waals surface area (Å²) in [6.07, 6.45) is 96.2. The molecule has 0 aromatic heterocycles. The van der Waals surface area contributed by atoms with E-state index in [4.69, 9.17) is 9.05 Å². The smallest absolute Gasteiger partial charge is 0.387 e. The minimum Gasteiger partial charge on any atom is -0.387 e. The normalized spacial score (nSPS) is 14.1. The van der Waals surface area contributed by atoms with Crippen LogP contribution >= 0.6 is 7.82 Å². The van der Waals surface area contributed by atoms with Gasteiger partial charge in [-0.25, -0.2) is 4.57 Å². The Bertz CT molecular complexity index is 1680. The van der Waals surface area contributed by atoms with Crippen molar-refractivity contribution in [1.82, 2.24) is 5.32 Å². The standard InChI is InChI=1S/C77H143N2O6P/c1-6-8-10-12-14-16-18-20-22-24-26-28-30-32-34-35-36-37-38-39-40-41-42-43-45-47-49-51-53-55-57-59-61-63-65-67-69-71-77(81)78-75(74-85-86(82,83)84-73-72-79(3,4)5)76(80)70-68-66-64-62-60-58-56-54-52-50-48-46-44-33-31-29-27-25-23-21-19-17-15-13-11-9-7-2/h8,10,14,16,20,22,26,28,52,54,60,62,68,70,75-76,80H,6-7,9,11-13,15,17-19,21,23-25,27,29-51,53,55-59,61,63-67,69,71-74H2,1-5H3,(H-,78,81,82,83)/p+1/b10-8-,16-14-,22-20-,28-26-,54-52+,62-60+,70-68+. The van der Waals surface area contributed by atoms with Crippen molar-refractivity contribution in [3.63, 3.8) is 0 Å². The zero-order chi connectivity index (χ0) is 62.6. The van der Waals surface area contributed by atoms with E-state index in [-0.39, 0.29) is 19.1 Å². The number of unbranched alkanes of at least 4 members (excludes halogenated alkanes) is 43. The Morgan fingerprint density at radius 1 is 0.407 bits per heavy atom. The van der Waals surface area contributed by atoms with Gasteiger partial charge in [0.05, 0.1) is 39.9 Å². The lowest BCUT2D eigenvalue weighted by Gasteiger charge is -2.25. The van der Waals surface area contributed by atoms with Gasteiger partial charge in [0.25, 0.3) is 0 Å². The molecule has 0 aliphatic carbocycles. The zero-order valence-electron chi connectivity index (χ0n) is 57.6. The summed E-state index contributed by atoms with van der Waals surface area (Å²) < 4.78 is 23.8. The highest BCUT2D eigenvalue weighted by Crippen LogP contribution is 2.43. The Labute approximate surface area is 535 Å². The van der Waals surface area contributed by atoms with Crippen LogP contribution in [0.1, 0.15) is 348 Å². The van der Waals surface area contributed by atoms with Crippen molar-refractivity contribution in [2.24, 2.45) is 0 Å². The second-order valence-electron chi connectivity index (χ2n) is 26.3. The van der Waals surface area contributed by atoms with Crippen molar-refractivity contribution >= 4 is 13.7 Å². The number of phosphoric acid groups is 1. The highest BCUT2D eigenvalue weighted by Gasteiger charge is 2.28. The number of aliphatic hydroxyl groups is 1. The number of carbonyl (C=O) groups is 1. The number of aliphatic hydroxyl groups excluding tert-OH is 1. The minimum atomic E-state index is -4.37. The summed E-state index contributed by atoms with van der Waals surface area (Å²) in [5.41, 5.74) is 0. The number of phosphoric ester groups is 1. The molecule has 0 radical (unpaired) electrons. The number of nitrogens with zero attached hydrogens (tertiary/aromatic N) is 1. The molecular formula is C77H144N2O6P+. The van der Waals surface area contributed by atoms with Gasteiger partial charge in [0.2, 0.25) is 5.91 Å². The van der Waals surface area contributed by atoms with Crippen LogP contribution in [-0.4, -0.2) is 73.4 Å². The van der Waals surface area contributed by atoms with E-state index in [0.717, 1.165) is 70.6 Å². The van der Waals surface area contributed by atoms with Gasteiger partial charge in [-0.2, -0.15) is 0 Å². The maximum Gasteiger partial charge on any atom is 0.472 e. The first-order valence-electron chi connectivity index (χ1n) is 37.0. The lowest BCUT2D eigenvalue weighted by molar-refractivity contribution is -0.870. The highest BCUT2D eigenvalue weighted by atomic mass is 31.2. The number of hydrogen-bond acceptors (Lipinski definition) is 5. The number of rotatable bonds is 68. The predicted octanol–water partition coefficient (Wildman–Crippen LogP) is 23.9. The fourth-order valence-corrected chi connectivity index (χ4v) is 11.6. The van der Waals surface area contributed by atoms with Gasteiger partial charge in [0, 0.05) is 6.42 Å². The first kappa shape index (κ1) is 83.7. The van der Waals surface area contributed by atoms with Crippen molar-refractivity contribution in [3.8, 4) is 0 Å². The van der Waals surface area contributed by atoms with Crippen LogP contribution in [0.3, 0.4) is 0 Å². The van der Waals surface area contributed by atoms with Crippen molar-refractivity contribution in [2.75, 3.05) is 40.9 Å². The molecule has 8 nitrogen and oxygen atoms in total. The Kier molecular flexibility index (Phi) is 65.3. The van der Waals surface area contributed by atoms with E-state index in [9.17, 15) is 19.4 Å². The second-order valence-corrected chi connectivity index (χ2v) is 27.7. The van der Waals surface area contributed by atoms with Crippen LogP contribution in [0.2, 0.25) is 0 Å². The summed E-state index contributed by atoms with van der Waals surface area (Å²) >= 11 is 0. The number of nitrogens with one attached hydrogen (secondary N) is 1. The van der Waals surface area contributed by atoms with Crippen molar-refractivity contribution in [1.29, 1.82) is 0 Å². The maximum atomic E-state index is 13.1. The predicted molar refractivity (Wildman–Crippen MR) is 378 cm³/mol. The monoisotopic (exact) mass is 1220 g/mol. The Morgan fingerprint density at radius 2 is 0.709 bits per heavy atom. The zero-order valence-corrected chi connectivity index (χ0v) is 58.4. The van der Waals surface area contributed by atoms with Gasteiger partial charge in [-0.05, 0) is 83.5 Å². The van der Waals surface area contributed by atoms with Crippen LogP contribution in [-0.2, 0) is 18.4 Å². The maximum absolute atomic E-state index is 13.1. The largest absolute Gasteiger partial charge is 0.472 e. The molecule has 0 rings (SSSR count). The molecule has 0 aromatic carbocycles. The van der Waals surface area contributed by atoms with E-state index in [2.05, 4.69) is 92.1 Å². The van der Waals surface area contributed by atoms with Crippen molar-refractivity contribution < 1.29 is 32.9 Å². The van der Waals surface area contributed by atoms with Gasteiger partial charge in [-0.15, -0.1) is 0 Å². The van der Waals surface area contributed by atoms with Crippen LogP contribution in [0.4, 0.5) is 0 Å². The molecule has 0 saturated heterocycles. The van der Waals surface area contributed by atoms with Crippen LogP contribution in [0.5, 0.6) is 0 Å². The first-order valence-corrected chi connectivity index (χ1v) is 38.5. The second kappa shape index (κ2) is 67.1. The van der Waals surface area contributed by atoms with E-state index in [0.29, 0.717) is 17.4 Å². The van der Waals surface area contributed by atoms with E-state index in [1.165, 1.54) is 257 Å². The molecule has 9 heteroatoms. The molecule has 0 saturated carbocycles. The van der Waals surface area contributed by atoms with E-state index >= 15 is 0 Å². The molecule has 1 amide bonds. The lowest BCUT2D eigenvalue weighted by Crippen LogP contribution is -2.45. The molecule has 86 heavy (non-hydrogen) atoms. The number of quaternary nitrogens is 1. The molecule has 3 atom stereocenters. The van der Waals surface area contributed by atoms with E-state index < -0.39 is 20.0 Å². The van der Waals surface area contributed by atoms with Crippen molar-refractivity contribution in [3.05, 3.63) is 85.1 Å². The number of carbonyl (C=O) groups excluding carboxylic acids is 1. The molecule has 0 aliphatic heterocycles. The summed E-state index contributed by atoms with van der Waals surface area (Å²) in [5.74, 6) is -0.186. The van der Waals surface area contributed by atoms with Crippen LogP contribution in [0.25, 0.3) is 0 Å². The van der Waals surface area contributed by atoms with Gasteiger partial charge >= 0.3 is 7.82 Å². The summed E-state index contributed by atoms with van der Waals surface area (Å²) in [5, 5.41) is 14.0. The summed E-state index contributed by atoms with van der Waals surface area (Å²) in [6.45, 7) is 4.72. The molecule has 0 spiro atoms. The topological polar surface area (TPSA) is 105 Å². The molecule has 0 aliphatic rings. The highest BCUT2D eigenvalue weighted by molar-refractivity contribution is 7.47. The summed E-state index contributed by atoms with van der Waals surface area (Å²) in [6, 6.07) is -0.873. The van der Waals surface area contributed by atoms with Gasteiger partial charge in [0.1, 0.15) is 13.2 Å². The summed E-state index contributed by atoms with van der Waals surface area (Å²) in [4.78, 5) is 23.4. The number of hydrogen-bond donors (Lipinski definition) is 3. The molecular weight excluding hydrogens is 1080 g/mol. The third kappa shape index (κ3) is 69.2. The number of amides is 1. The Hall–Kier alpha value is -2.32. The molecule has 0 aromatic rings. The average Bonchev–Trinajstić information content (AvgIpc) is 3.70. The van der Waals surface area contributed by atoms with Gasteiger partial charge in [-0.3, -0.25) is 13.8 Å². The molecule has 0 fully saturated rings. The molecule has 3 N–H and O–H groups in total. The molecule has 0 heterocycles. The molecule has 3 unspecified atom stereocenters. The van der Waals surface area contributed by atoms with Crippen molar-refractivity contribution in [2.45, 2.75) is 360 Å². The van der Waals surface area contributed by atoms with Crippen LogP contribution in [0, 0.1) is 0 Å². The molecule has 0 bridgehead atoms. The fraction of sp³-hybridized carbons (Fsp3) is 0.805. The number of likely N-dealkylation sites (N-methyl/N-ethyl adjacent to an activating group) is 1. The minimum absolute atomic E-state index is 0.0529. The van der Waals surface area contributed by atoms with Crippen LogP contribution < -0.4 is 5.32 Å². The fourth-order valence-electron chi connectivity index (χ4n) is 10.9. The first-order chi connectivity index (χ1) is 42.0. The van der Waals surface area contributed by atoms with E-state index in [1.54, 1.807) is 6.08 Å². The Balaban J connectivity index is 4.04. The average molecular weight is 1220 g/mol. The van der Waals surface area contributed by atoms with Gasteiger partial charge in [0.15, 0.2) is 0 Å². The SMILES string of the molecule is CC/C=C\C/C=C\C/C=C\C/C=C\CCCCCCCCCCCCCCCCCCCCCCCCCCC(=O)NC(COP(=O)(O)OCC[N+](C)(C)C)C(O)/C=C/CC/C=C/CC/C=C/CCCCCCCCCCCCCCCCCCC. The van der Waals surface area contributed by atoms with Gasteiger partial charge in [-0.1, -0.05) is 343 Å². The quantitative estimate of drug-likeness (QED) is 0.0243. The third-order valence-electron chi connectivity index (χ3n) is 16.6. The van der Waals surface area contributed by atoms with Gasteiger partial charge < -0.3 is 19.8 Å². The lowest BCUT2D eigenvalue weighted by atomic mass is 10.0.